The molecule has 0 bridgehead atoms. The van der Waals surface area contributed by atoms with E-state index in [1.165, 1.54) is 4.90 Å². The van der Waals surface area contributed by atoms with Gasteiger partial charge in [0.15, 0.2) is 0 Å². The van der Waals surface area contributed by atoms with Gasteiger partial charge in [-0.3, -0.25) is 19.1 Å². The summed E-state index contributed by atoms with van der Waals surface area (Å²) >= 11 is 0. The number of benzene rings is 1. The number of hydrogen-bond donors (Lipinski definition) is 3. The molecule has 1 aromatic heterocycles. The fourth-order valence-corrected chi connectivity index (χ4v) is 9.09. The van der Waals surface area contributed by atoms with E-state index in [0.717, 1.165) is 43.1 Å². The number of nitrogens with zero attached hydrogens (tertiary/aromatic N) is 2. The van der Waals surface area contributed by atoms with E-state index < -0.39 is 50.3 Å². The average Bonchev–Trinajstić information content (AvgIpc) is 3.96. The molecule has 2 aromatic rings. The molecule has 2 aliphatic heterocycles. The second kappa shape index (κ2) is 14.1. The molecule has 14 heteroatoms. The lowest BCUT2D eigenvalue weighted by Gasteiger charge is -2.29. The highest BCUT2D eigenvalue weighted by molar-refractivity contribution is 7.91. The predicted octanol–water partition coefficient (Wildman–Crippen LogP) is 3.88. The third kappa shape index (κ3) is 7.35. The van der Waals surface area contributed by atoms with Gasteiger partial charge in [0.1, 0.15) is 29.2 Å². The summed E-state index contributed by atoms with van der Waals surface area (Å²) in [5.41, 5.74) is 6.51. The van der Waals surface area contributed by atoms with Crippen LogP contribution in [-0.2, 0) is 24.4 Å². The normalized spacial score (nSPS) is 29.6. The first-order valence-corrected chi connectivity index (χ1v) is 19.8. The highest BCUT2D eigenvalue weighted by atomic mass is 32.2. The zero-order valence-corrected chi connectivity index (χ0v) is 31.4. The average molecular weight is 728 g/mol. The van der Waals surface area contributed by atoms with Crippen LogP contribution in [0.1, 0.15) is 97.5 Å². The van der Waals surface area contributed by atoms with Gasteiger partial charge in [-0.25, -0.2) is 13.4 Å². The molecule has 0 radical (unpaired) electrons. The third-order valence-corrected chi connectivity index (χ3v) is 13.5. The number of ether oxygens (including phenoxy) is 3. The van der Waals surface area contributed by atoms with Crippen LogP contribution in [0.3, 0.4) is 0 Å². The standard InChI is InChI=1S/C37H53N5O8S/c1-21(2)49-31-18-30(25-13-14-29(48-6)23(4)32(25)39-31)50-24-17-28-33(43)40-37(35(45)41-51(46,47)36(5)15-16-36)19-26(37)22(3)11-9-7-8-10-12-27(38)34(44)42(28)20-24/h13-14,18,21-22,24,26-28H,7-12,15-17,19-20,38H2,1-6H3,(H,40,43)(H,41,45). The molecule has 6 unspecified atom stereocenters. The molecular weight excluding hydrogens is 675 g/mol. The van der Waals surface area contributed by atoms with E-state index >= 15 is 0 Å². The van der Waals surface area contributed by atoms with Crippen LogP contribution in [-0.4, -0.2) is 84.3 Å². The Labute approximate surface area is 300 Å². The number of amides is 3. The molecule has 13 nitrogen and oxygen atoms in total. The zero-order chi connectivity index (χ0) is 36.9. The Morgan fingerprint density at radius 1 is 1.12 bits per heavy atom. The molecule has 2 saturated carbocycles. The van der Waals surface area contributed by atoms with E-state index in [9.17, 15) is 22.8 Å². The van der Waals surface area contributed by atoms with Crippen molar-refractivity contribution in [3.8, 4) is 17.4 Å². The number of nitrogens with two attached hydrogens (primary N) is 1. The van der Waals surface area contributed by atoms with E-state index in [1.807, 2.05) is 32.9 Å². The number of fused-ring (bicyclic) bond motifs is 3. The van der Waals surface area contributed by atoms with Crippen molar-refractivity contribution >= 4 is 38.6 Å². The molecule has 6 rings (SSSR count). The number of hydrogen-bond acceptors (Lipinski definition) is 10. The number of methoxy groups -OCH3 is 1. The number of carbonyl (C=O) groups excluding carboxylic acids is 3. The number of aromatic nitrogens is 1. The Bertz CT molecular complexity index is 1800. The molecule has 4 aliphatic rings. The number of carbonyl (C=O) groups is 3. The van der Waals surface area contributed by atoms with E-state index in [-0.39, 0.29) is 36.8 Å². The zero-order valence-electron chi connectivity index (χ0n) is 30.6. The van der Waals surface area contributed by atoms with E-state index in [0.29, 0.717) is 48.6 Å². The number of aryl methyl sites for hydroxylation is 1. The first kappa shape index (κ1) is 37.1. The number of nitrogens with one attached hydrogen (secondary N) is 2. The molecule has 3 heterocycles. The minimum absolute atomic E-state index is 0.0735. The first-order valence-electron chi connectivity index (χ1n) is 18.4. The molecule has 4 fully saturated rings. The van der Waals surface area contributed by atoms with Gasteiger partial charge in [-0.2, -0.15) is 0 Å². The summed E-state index contributed by atoms with van der Waals surface area (Å²) < 4.78 is 45.8. The number of sulfonamides is 1. The second-order valence-corrected chi connectivity index (χ2v) is 17.8. The highest BCUT2D eigenvalue weighted by Crippen LogP contribution is 2.51. The first-order chi connectivity index (χ1) is 24.1. The molecule has 280 valence electrons. The summed E-state index contributed by atoms with van der Waals surface area (Å²) in [5.74, 6) is -0.251. The fourth-order valence-electron chi connectivity index (χ4n) is 7.77. The van der Waals surface area contributed by atoms with Crippen molar-refractivity contribution in [2.75, 3.05) is 13.7 Å². The molecule has 1 aromatic carbocycles. The molecule has 2 aliphatic carbocycles. The van der Waals surface area contributed by atoms with Gasteiger partial charge in [-0.1, -0.05) is 39.0 Å². The fraction of sp³-hybridized carbons (Fsp3) is 0.676. The van der Waals surface area contributed by atoms with E-state index in [1.54, 1.807) is 20.1 Å². The van der Waals surface area contributed by atoms with Crippen LogP contribution in [0.4, 0.5) is 0 Å². The maximum Gasteiger partial charge on any atom is 0.259 e. The van der Waals surface area contributed by atoms with Crippen molar-refractivity contribution < 1.29 is 37.0 Å². The van der Waals surface area contributed by atoms with Crippen LogP contribution in [0.25, 0.3) is 10.9 Å². The minimum atomic E-state index is -3.94. The Balaban J connectivity index is 1.32. The van der Waals surface area contributed by atoms with Crippen LogP contribution in [0.15, 0.2) is 18.2 Å². The molecule has 2 saturated heterocycles. The minimum Gasteiger partial charge on any atom is -0.496 e. The van der Waals surface area contributed by atoms with Crippen LogP contribution < -0.4 is 30.0 Å². The summed E-state index contributed by atoms with van der Waals surface area (Å²) in [5, 5.41) is 3.70. The lowest BCUT2D eigenvalue weighted by Crippen LogP contribution is -2.58. The molecule has 51 heavy (non-hydrogen) atoms. The van der Waals surface area contributed by atoms with Gasteiger partial charge in [0.25, 0.3) is 5.91 Å². The Kier molecular flexibility index (Phi) is 10.2. The molecule has 0 spiro atoms. The summed E-state index contributed by atoms with van der Waals surface area (Å²) in [6.07, 6.45) is 5.54. The monoisotopic (exact) mass is 727 g/mol. The van der Waals surface area contributed by atoms with Crippen molar-refractivity contribution in [1.82, 2.24) is 19.9 Å². The molecule has 3 amide bonds. The lowest BCUT2D eigenvalue weighted by molar-refractivity contribution is -0.140. The summed E-state index contributed by atoms with van der Waals surface area (Å²) in [6, 6.07) is 3.62. The predicted molar refractivity (Wildman–Crippen MR) is 192 cm³/mol. The maximum atomic E-state index is 14.3. The van der Waals surface area contributed by atoms with Gasteiger partial charge in [0.2, 0.25) is 27.7 Å². The Morgan fingerprint density at radius 3 is 2.49 bits per heavy atom. The summed E-state index contributed by atoms with van der Waals surface area (Å²) in [7, 11) is -2.34. The third-order valence-electron chi connectivity index (χ3n) is 11.4. The number of pyridine rings is 1. The van der Waals surface area contributed by atoms with E-state index in [2.05, 4.69) is 17.0 Å². The highest BCUT2D eigenvalue weighted by Gasteiger charge is 2.65. The van der Waals surface area contributed by atoms with Crippen LogP contribution in [0.5, 0.6) is 17.4 Å². The van der Waals surface area contributed by atoms with Gasteiger partial charge < -0.3 is 30.2 Å². The number of rotatable bonds is 8. The largest absolute Gasteiger partial charge is 0.496 e. The quantitative estimate of drug-likeness (QED) is 0.362. The second-order valence-electron chi connectivity index (χ2n) is 15.6. The Morgan fingerprint density at radius 2 is 1.82 bits per heavy atom. The van der Waals surface area contributed by atoms with E-state index in [4.69, 9.17) is 24.9 Å². The van der Waals surface area contributed by atoms with Gasteiger partial charge in [-0.05, 0) is 77.3 Å². The lowest BCUT2D eigenvalue weighted by atomic mass is 9.94. The van der Waals surface area contributed by atoms with Crippen molar-refractivity contribution in [1.29, 1.82) is 0 Å². The summed E-state index contributed by atoms with van der Waals surface area (Å²) in [6.45, 7) is 9.48. The van der Waals surface area contributed by atoms with Crippen LogP contribution >= 0.6 is 0 Å². The topological polar surface area (TPSA) is 179 Å². The van der Waals surface area contributed by atoms with Gasteiger partial charge >= 0.3 is 0 Å². The van der Waals surface area contributed by atoms with Gasteiger partial charge in [-0.15, -0.1) is 0 Å². The molecular formula is C37H53N5O8S. The smallest absolute Gasteiger partial charge is 0.259 e. The van der Waals surface area contributed by atoms with Gasteiger partial charge in [0.05, 0.1) is 36.1 Å². The molecule has 4 N–H and O–H groups in total. The van der Waals surface area contributed by atoms with Crippen molar-refractivity contribution in [2.45, 2.75) is 133 Å². The molecule has 6 atom stereocenters. The SMILES string of the molecule is COc1ccc2c(OC3CC4C(=O)NC5(C(=O)NS(=O)(=O)C6(C)CC6)CC5C(C)CCCCCCC(N)C(=O)N4C3)cc(OC(C)C)nc2c1C. The van der Waals surface area contributed by atoms with Crippen molar-refractivity contribution in [2.24, 2.45) is 17.6 Å². The Hall–Kier alpha value is -3.65. The summed E-state index contributed by atoms with van der Waals surface area (Å²) in [4.78, 5) is 48.4. The van der Waals surface area contributed by atoms with Crippen LogP contribution in [0.2, 0.25) is 0 Å². The van der Waals surface area contributed by atoms with Gasteiger partial charge in [0, 0.05) is 23.4 Å². The maximum absolute atomic E-state index is 14.3. The van der Waals surface area contributed by atoms with Crippen molar-refractivity contribution in [3.63, 3.8) is 0 Å². The van der Waals surface area contributed by atoms with Crippen molar-refractivity contribution in [3.05, 3.63) is 23.8 Å². The van der Waals surface area contributed by atoms with Crippen LogP contribution in [0, 0.1) is 18.8 Å².